The summed E-state index contributed by atoms with van der Waals surface area (Å²) in [5.74, 6) is 1.16. The Morgan fingerprint density at radius 3 is 0.865 bits per heavy atom. The van der Waals surface area contributed by atoms with Crippen molar-refractivity contribution < 1.29 is 22.5 Å². The highest BCUT2D eigenvalue weighted by atomic mass is 28.4. The second-order valence-electron chi connectivity index (χ2n) is 14.7. The van der Waals surface area contributed by atoms with E-state index in [1.807, 2.05) is 163 Å². The van der Waals surface area contributed by atoms with Gasteiger partial charge in [-0.1, -0.05) is 121 Å². The lowest BCUT2D eigenvalue weighted by molar-refractivity contribution is 0.100. The number of hydrogen-bond acceptors (Lipinski definition) is 5. The lowest BCUT2D eigenvalue weighted by Crippen LogP contribution is -2.68. The smallest absolute Gasteiger partial charge is 0.469 e. The van der Waals surface area contributed by atoms with Crippen molar-refractivity contribution >= 4 is 43.7 Å². The summed E-state index contributed by atoms with van der Waals surface area (Å²) in [6, 6.07) is 55.3. The highest BCUT2D eigenvalue weighted by Gasteiger charge is 2.49. The van der Waals surface area contributed by atoms with Crippen LogP contribution in [0.3, 0.4) is 0 Å². The molecule has 0 N–H and O–H groups in total. The van der Waals surface area contributed by atoms with Gasteiger partial charge in [0.2, 0.25) is 0 Å². The Balaban J connectivity index is 1.28. The fourth-order valence-corrected chi connectivity index (χ4v) is 13.1. The molecule has 6 aromatic rings. The maximum atomic E-state index is 13.8. The van der Waals surface area contributed by atoms with Crippen LogP contribution in [-0.4, -0.2) is 34.1 Å². The van der Waals surface area contributed by atoms with Crippen LogP contribution in [0, 0.1) is 0 Å². The second kappa shape index (κ2) is 15.3. The summed E-state index contributed by atoms with van der Waals surface area (Å²) in [5.41, 5.74) is 0.149. The SMILES string of the molecule is CC(C)(C)O[Si](Oc1ccc(C(=O)c2ccc(O[Si](OC(C)(C)C)(c3ccccc3)c3ccccc3)cc2)cc1)(c1ccccc1)c1ccccc1. The summed E-state index contributed by atoms with van der Waals surface area (Å²) in [7, 11) is -6.46. The Morgan fingerprint density at radius 1 is 0.385 bits per heavy atom. The third kappa shape index (κ3) is 8.52. The number of rotatable bonds is 12. The van der Waals surface area contributed by atoms with E-state index in [-0.39, 0.29) is 5.78 Å². The lowest BCUT2D eigenvalue weighted by atomic mass is 10.0. The zero-order chi connectivity index (χ0) is 36.8. The average Bonchev–Trinajstić information content (AvgIpc) is 3.15. The summed E-state index contributed by atoms with van der Waals surface area (Å²) in [6.45, 7) is 12.3. The minimum atomic E-state index is -3.23. The molecule has 0 fully saturated rings. The molecule has 264 valence electrons. The number of ketones is 1. The summed E-state index contributed by atoms with van der Waals surface area (Å²) in [5, 5.41) is 3.99. The fraction of sp³-hybridized carbons (Fsp3) is 0.178. The quantitative estimate of drug-likeness (QED) is 0.0953. The van der Waals surface area contributed by atoms with Gasteiger partial charge in [0, 0.05) is 31.9 Å². The molecule has 0 aromatic heterocycles. The lowest BCUT2D eigenvalue weighted by Gasteiger charge is -2.37. The Morgan fingerprint density at radius 2 is 0.635 bits per heavy atom. The molecule has 0 aliphatic heterocycles. The van der Waals surface area contributed by atoms with Crippen molar-refractivity contribution in [2.45, 2.75) is 52.7 Å². The molecule has 0 bridgehead atoms. The zero-order valence-corrected chi connectivity index (χ0v) is 32.7. The van der Waals surface area contributed by atoms with Gasteiger partial charge in [-0.05, 0) is 90.1 Å². The van der Waals surface area contributed by atoms with E-state index in [9.17, 15) is 4.79 Å². The summed E-state index contributed by atoms with van der Waals surface area (Å²) >= 11 is 0. The van der Waals surface area contributed by atoms with E-state index in [1.165, 1.54) is 0 Å². The van der Waals surface area contributed by atoms with E-state index in [2.05, 4.69) is 48.5 Å². The molecule has 52 heavy (non-hydrogen) atoms. The first-order chi connectivity index (χ1) is 24.9. The minimum absolute atomic E-state index is 0.0979. The van der Waals surface area contributed by atoms with Crippen LogP contribution in [0.2, 0.25) is 0 Å². The number of carbonyl (C=O) groups is 1. The van der Waals surface area contributed by atoms with Gasteiger partial charge in [0.1, 0.15) is 11.5 Å². The van der Waals surface area contributed by atoms with Gasteiger partial charge in [0.05, 0.1) is 11.2 Å². The van der Waals surface area contributed by atoms with Crippen LogP contribution in [0.25, 0.3) is 0 Å². The first-order valence-electron chi connectivity index (χ1n) is 17.6. The van der Waals surface area contributed by atoms with Gasteiger partial charge in [0.25, 0.3) is 0 Å². The summed E-state index contributed by atoms with van der Waals surface area (Å²) in [4.78, 5) is 13.8. The molecule has 6 aromatic carbocycles. The predicted octanol–water partition coefficient (Wildman–Crippen LogP) is 7.82. The molecule has 0 unspecified atom stereocenters. The van der Waals surface area contributed by atoms with Crippen molar-refractivity contribution in [3.63, 3.8) is 0 Å². The van der Waals surface area contributed by atoms with Gasteiger partial charge < -0.3 is 17.7 Å². The molecule has 6 rings (SSSR count). The van der Waals surface area contributed by atoms with Crippen LogP contribution in [0.5, 0.6) is 11.5 Å². The van der Waals surface area contributed by atoms with Crippen molar-refractivity contribution in [1.29, 1.82) is 0 Å². The van der Waals surface area contributed by atoms with E-state index >= 15 is 0 Å². The molecule has 0 atom stereocenters. The minimum Gasteiger partial charge on any atom is -0.514 e. The number of carbonyl (C=O) groups excluding carboxylic acids is 1. The third-order valence-electron chi connectivity index (χ3n) is 8.27. The number of benzene rings is 6. The van der Waals surface area contributed by atoms with E-state index < -0.39 is 28.3 Å². The van der Waals surface area contributed by atoms with Crippen molar-refractivity contribution in [2.24, 2.45) is 0 Å². The van der Waals surface area contributed by atoms with E-state index in [1.54, 1.807) is 0 Å². The standard InChI is InChI=1S/C45H46O5Si2/c1-44(2,3)49-51(39-19-11-7-12-20-39,40-21-13-8-14-22-40)47-37-31-27-35(28-32-37)43(46)36-29-33-38(34-30-36)48-52(50-45(4,5)6,41-23-15-9-16-24-41)42-25-17-10-18-26-42/h7-34H,1-6H3. The third-order valence-corrected chi connectivity index (χ3v) is 15.5. The molecular formula is C45H46O5Si2. The van der Waals surface area contributed by atoms with Crippen LogP contribution >= 0.6 is 0 Å². The second-order valence-corrected chi connectivity index (χ2v) is 20.3. The Labute approximate surface area is 310 Å². The van der Waals surface area contributed by atoms with Crippen LogP contribution in [0.1, 0.15) is 57.5 Å². The molecule has 0 heterocycles. The first-order valence-corrected chi connectivity index (χ1v) is 21.3. The van der Waals surface area contributed by atoms with Crippen molar-refractivity contribution in [3.8, 4) is 11.5 Å². The van der Waals surface area contributed by atoms with Crippen LogP contribution in [0.4, 0.5) is 0 Å². The van der Waals surface area contributed by atoms with Gasteiger partial charge in [0.15, 0.2) is 5.78 Å². The topological polar surface area (TPSA) is 54.0 Å². The van der Waals surface area contributed by atoms with Gasteiger partial charge in [-0.2, -0.15) is 0 Å². The van der Waals surface area contributed by atoms with E-state index in [4.69, 9.17) is 17.7 Å². The van der Waals surface area contributed by atoms with Crippen molar-refractivity contribution in [3.05, 3.63) is 181 Å². The maximum Gasteiger partial charge on any atom is 0.469 e. The molecular weight excluding hydrogens is 677 g/mol. The van der Waals surface area contributed by atoms with Gasteiger partial charge in [-0.3, -0.25) is 4.79 Å². The monoisotopic (exact) mass is 722 g/mol. The molecule has 0 radical (unpaired) electrons. The first kappa shape index (κ1) is 36.7. The van der Waals surface area contributed by atoms with Gasteiger partial charge in [-0.25, -0.2) is 0 Å². The van der Waals surface area contributed by atoms with E-state index in [0.717, 1.165) is 20.7 Å². The molecule has 0 aliphatic carbocycles. The van der Waals surface area contributed by atoms with Gasteiger partial charge >= 0.3 is 17.1 Å². The maximum absolute atomic E-state index is 13.8. The molecule has 0 saturated carbocycles. The fourth-order valence-electron chi connectivity index (χ4n) is 6.19. The highest BCUT2D eigenvalue weighted by Crippen LogP contribution is 2.26. The molecule has 7 heteroatoms. The average molecular weight is 723 g/mol. The van der Waals surface area contributed by atoms with Crippen molar-refractivity contribution in [2.75, 3.05) is 0 Å². The Hall–Kier alpha value is -5.06. The van der Waals surface area contributed by atoms with Crippen molar-refractivity contribution in [1.82, 2.24) is 0 Å². The molecule has 5 nitrogen and oxygen atoms in total. The normalized spacial score (nSPS) is 12.3. The number of hydrogen-bond donors (Lipinski definition) is 0. The highest BCUT2D eigenvalue weighted by molar-refractivity contribution is 6.93. The zero-order valence-electron chi connectivity index (χ0n) is 30.7. The molecule has 0 amide bonds. The molecule has 0 spiro atoms. The Bertz CT molecular complexity index is 1810. The van der Waals surface area contributed by atoms with Crippen LogP contribution in [0.15, 0.2) is 170 Å². The van der Waals surface area contributed by atoms with Crippen LogP contribution in [-0.2, 0) is 8.85 Å². The largest absolute Gasteiger partial charge is 0.514 e. The van der Waals surface area contributed by atoms with E-state index in [0.29, 0.717) is 22.6 Å². The van der Waals surface area contributed by atoms with Gasteiger partial charge in [-0.15, -0.1) is 0 Å². The van der Waals surface area contributed by atoms with Crippen LogP contribution < -0.4 is 29.6 Å². The molecule has 0 saturated heterocycles. The summed E-state index contributed by atoms with van der Waals surface area (Å²) in [6.07, 6.45) is 0. The predicted molar refractivity (Wildman–Crippen MR) is 215 cm³/mol. The summed E-state index contributed by atoms with van der Waals surface area (Å²) < 4.78 is 27.7. The Kier molecular flexibility index (Phi) is 10.8. The molecule has 0 aliphatic rings.